The number of hydrogen-bond donors (Lipinski definition) is 0. The zero-order valence-electron chi connectivity index (χ0n) is 9.11. The maximum Gasteiger partial charge on any atom is 0.309 e. The molecule has 2 unspecified atom stereocenters. The average molecular weight is 214 g/mol. The first-order valence-corrected chi connectivity index (χ1v) is 5.49. The molecule has 0 saturated carbocycles. The van der Waals surface area contributed by atoms with Crippen LogP contribution in [0.4, 0.5) is 0 Å². The molecule has 0 aliphatic carbocycles. The van der Waals surface area contributed by atoms with Gasteiger partial charge < -0.3 is 14.3 Å². The fourth-order valence-corrected chi connectivity index (χ4v) is 1.81. The predicted octanol–water partition coefficient (Wildman–Crippen LogP) is 1.32. The molecule has 4 nitrogen and oxygen atoms in total. The van der Waals surface area contributed by atoms with E-state index >= 15 is 0 Å². The van der Waals surface area contributed by atoms with Gasteiger partial charge in [0, 0.05) is 13.0 Å². The zero-order valence-corrected chi connectivity index (χ0v) is 9.11. The van der Waals surface area contributed by atoms with Crippen LogP contribution in [-0.2, 0) is 19.1 Å². The summed E-state index contributed by atoms with van der Waals surface area (Å²) in [5, 5.41) is 0. The second-order valence-electron chi connectivity index (χ2n) is 3.72. The molecule has 1 heterocycles. The fraction of sp³-hybridized carbons (Fsp3) is 0.818. The first-order valence-electron chi connectivity index (χ1n) is 5.49. The van der Waals surface area contributed by atoms with E-state index < -0.39 is 0 Å². The summed E-state index contributed by atoms with van der Waals surface area (Å²) < 4.78 is 10.3. The van der Waals surface area contributed by atoms with Gasteiger partial charge in [-0.3, -0.25) is 4.79 Å². The summed E-state index contributed by atoms with van der Waals surface area (Å²) in [6.07, 6.45) is 3.77. The number of ether oxygens (including phenoxy) is 2. The van der Waals surface area contributed by atoms with E-state index in [1.807, 2.05) is 0 Å². The fourth-order valence-electron chi connectivity index (χ4n) is 1.81. The van der Waals surface area contributed by atoms with Gasteiger partial charge in [-0.25, -0.2) is 0 Å². The number of rotatable bonds is 6. The SMILES string of the molecule is CCOC(=O)C(CC=O)CC1CCCO1. The second kappa shape index (κ2) is 6.56. The minimum atomic E-state index is -0.328. The highest BCUT2D eigenvalue weighted by Gasteiger charge is 2.26. The van der Waals surface area contributed by atoms with E-state index in [0.29, 0.717) is 13.0 Å². The second-order valence-corrected chi connectivity index (χ2v) is 3.72. The van der Waals surface area contributed by atoms with Gasteiger partial charge in [-0.15, -0.1) is 0 Å². The molecule has 15 heavy (non-hydrogen) atoms. The van der Waals surface area contributed by atoms with Gasteiger partial charge in [0.25, 0.3) is 0 Å². The van der Waals surface area contributed by atoms with E-state index in [2.05, 4.69) is 0 Å². The smallest absolute Gasteiger partial charge is 0.309 e. The molecule has 0 bridgehead atoms. The van der Waals surface area contributed by atoms with Gasteiger partial charge in [-0.1, -0.05) is 0 Å². The van der Waals surface area contributed by atoms with Crippen LogP contribution in [0.15, 0.2) is 0 Å². The summed E-state index contributed by atoms with van der Waals surface area (Å²) in [4.78, 5) is 21.9. The molecule has 1 aliphatic heterocycles. The quantitative estimate of drug-likeness (QED) is 0.494. The Morgan fingerprint density at radius 2 is 2.47 bits per heavy atom. The number of carbonyl (C=O) groups is 2. The largest absolute Gasteiger partial charge is 0.466 e. The van der Waals surface area contributed by atoms with E-state index in [-0.39, 0.29) is 24.4 Å². The Morgan fingerprint density at radius 1 is 1.67 bits per heavy atom. The summed E-state index contributed by atoms with van der Waals surface area (Å²) in [6, 6.07) is 0. The first kappa shape index (κ1) is 12.2. The lowest BCUT2D eigenvalue weighted by Crippen LogP contribution is -2.23. The lowest BCUT2D eigenvalue weighted by atomic mass is 9.97. The standard InChI is InChI=1S/C11H18O4/c1-2-14-11(13)9(5-6-12)8-10-4-3-7-15-10/h6,9-10H,2-5,7-8H2,1H3. The lowest BCUT2D eigenvalue weighted by Gasteiger charge is -2.16. The van der Waals surface area contributed by atoms with Crippen LogP contribution in [0.3, 0.4) is 0 Å². The third-order valence-electron chi connectivity index (χ3n) is 2.57. The molecule has 0 aromatic carbocycles. The first-order chi connectivity index (χ1) is 7.27. The molecule has 1 fully saturated rings. The van der Waals surface area contributed by atoms with Crippen LogP contribution < -0.4 is 0 Å². The van der Waals surface area contributed by atoms with Crippen molar-refractivity contribution in [2.45, 2.75) is 38.7 Å². The van der Waals surface area contributed by atoms with Gasteiger partial charge in [0.15, 0.2) is 0 Å². The van der Waals surface area contributed by atoms with Crippen molar-refractivity contribution in [3.05, 3.63) is 0 Å². The Bertz CT molecular complexity index is 209. The van der Waals surface area contributed by atoms with E-state index in [0.717, 1.165) is 25.7 Å². The normalized spacial score (nSPS) is 22.3. The minimum absolute atomic E-state index is 0.124. The summed E-state index contributed by atoms with van der Waals surface area (Å²) in [5.74, 6) is -0.606. The Hall–Kier alpha value is -0.900. The summed E-state index contributed by atoms with van der Waals surface area (Å²) in [7, 11) is 0. The third kappa shape index (κ3) is 4.00. The van der Waals surface area contributed by atoms with Gasteiger partial charge in [0.2, 0.25) is 0 Å². The monoisotopic (exact) mass is 214 g/mol. The Morgan fingerprint density at radius 3 is 3.00 bits per heavy atom. The van der Waals surface area contributed by atoms with Crippen LogP contribution in [0, 0.1) is 5.92 Å². The summed E-state index contributed by atoms with van der Waals surface area (Å²) in [5.41, 5.74) is 0. The maximum atomic E-state index is 11.5. The Kier molecular flexibility index (Phi) is 5.32. The Balaban J connectivity index is 2.40. The summed E-state index contributed by atoms with van der Waals surface area (Å²) in [6.45, 7) is 2.89. The van der Waals surface area contributed by atoms with Gasteiger partial charge in [-0.05, 0) is 26.2 Å². The van der Waals surface area contributed by atoms with Crippen molar-refractivity contribution in [2.75, 3.05) is 13.2 Å². The minimum Gasteiger partial charge on any atom is -0.466 e. The van der Waals surface area contributed by atoms with Crippen molar-refractivity contribution in [1.82, 2.24) is 0 Å². The number of aldehydes is 1. The molecule has 0 spiro atoms. The highest BCUT2D eigenvalue weighted by Crippen LogP contribution is 2.22. The van der Waals surface area contributed by atoms with Crippen molar-refractivity contribution < 1.29 is 19.1 Å². The molecule has 2 atom stereocenters. The van der Waals surface area contributed by atoms with Gasteiger partial charge >= 0.3 is 5.97 Å². The van der Waals surface area contributed by atoms with E-state index in [4.69, 9.17) is 9.47 Å². The van der Waals surface area contributed by atoms with Crippen LogP contribution in [-0.4, -0.2) is 31.6 Å². The molecule has 0 aromatic rings. The molecule has 1 saturated heterocycles. The van der Waals surface area contributed by atoms with Gasteiger partial charge in [0.1, 0.15) is 6.29 Å². The maximum absolute atomic E-state index is 11.5. The van der Waals surface area contributed by atoms with Crippen LogP contribution in [0.1, 0.15) is 32.6 Å². The molecule has 86 valence electrons. The van der Waals surface area contributed by atoms with E-state index in [1.54, 1.807) is 6.92 Å². The zero-order chi connectivity index (χ0) is 11.1. The number of hydrogen-bond acceptors (Lipinski definition) is 4. The molecular formula is C11H18O4. The van der Waals surface area contributed by atoms with E-state index in [9.17, 15) is 9.59 Å². The number of carbonyl (C=O) groups excluding carboxylic acids is 2. The topological polar surface area (TPSA) is 52.6 Å². The van der Waals surface area contributed by atoms with Crippen molar-refractivity contribution >= 4 is 12.3 Å². The molecule has 4 heteroatoms. The lowest BCUT2D eigenvalue weighted by molar-refractivity contribution is -0.150. The van der Waals surface area contributed by atoms with E-state index in [1.165, 1.54) is 0 Å². The average Bonchev–Trinajstić information content (AvgIpc) is 2.70. The third-order valence-corrected chi connectivity index (χ3v) is 2.57. The molecule has 0 amide bonds. The Labute approximate surface area is 89.9 Å². The van der Waals surface area contributed by atoms with Gasteiger partial charge in [-0.2, -0.15) is 0 Å². The van der Waals surface area contributed by atoms with Crippen LogP contribution in [0.25, 0.3) is 0 Å². The van der Waals surface area contributed by atoms with Crippen molar-refractivity contribution in [3.63, 3.8) is 0 Å². The van der Waals surface area contributed by atoms with Gasteiger partial charge in [0.05, 0.1) is 18.6 Å². The van der Waals surface area contributed by atoms with Crippen LogP contribution >= 0.6 is 0 Å². The van der Waals surface area contributed by atoms with Crippen molar-refractivity contribution in [2.24, 2.45) is 5.92 Å². The van der Waals surface area contributed by atoms with Crippen molar-refractivity contribution in [3.8, 4) is 0 Å². The number of esters is 1. The van der Waals surface area contributed by atoms with Crippen LogP contribution in [0.2, 0.25) is 0 Å². The molecule has 0 N–H and O–H groups in total. The molecule has 1 rings (SSSR count). The molecule has 1 aliphatic rings. The highest BCUT2D eigenvalue weighted by molar-refractivity contribution is 5.75. The predicted molar refractivity (Wildman–Crippen MR) is 54.4 cm³/mol. The van der Waals surface area contributed by atoms with Crippen molar-refractivity contribution in [1.29, 1.82) is 0 Å². The molecule has 0 aromatic heterocycles. The molecule has 0 radical (unpaired) electrons. The summed E-state index contributed by atoms with van der Waals surface area (Å²) >= 11 is 0. The molecular weight excluding hydrogens is 196 g/mol. The highest BCUT2D eigenvalue weighted by atomic mass is 16.5. The van der Waals surface area contributed by atoms with Crippen LogP contribution in [0.5, 0.6) is 0 Å².